The average Bonchev–Trinajstić information content (AvgIpc) is 2.39. The van der Waals surface area contributed by atoms with Crippen molar-refractivity contribution >= 4 is 0 Å². The molecular weight excluding hydrogens is 224 g/mol. The summed E-state index contributed by atoms with van der Waals surface area (Å²) in [7, 11) is 1.94. The van der Waals surface area contributed by atoms with Crippen molar-refractivity contribution in [3.8, 4) is 0 Å². The van der Waals surface area contributed by atoms with Crippen molar-refractivity contribution in [1.82, 2.24) is 10.3 Å². The second-order valence-corrected chi connectivity index (χ2v) is 5.34. The number of pyridine rings is 1. The van der Waals surface area contributed by atoms with E-state index < -0.39 is 0 Å². The Labute approximate surface area is 110 Å². The predicted octanol–water partition coefficient (Wildman–Crippen LogP) is 2.90. The Hall–Kier alpha value is -0.930. The molecule has 1 saturated carbocycles. The zero-order valence-corrected chi connectivity index (χ0v) is 11.5. The third-order valence-corrected chi connectivity index (χ3v) is 3.65. The molecule has 0 atom stereocenters. The molecule has 18 heavy (non-hydrogen) atoms. The largest absolute Gasteiger partial charge is 0.372 e. The Bertz CT molecular complexity index is 359. The summed E-state index contributed by atoms with van der Waals surface area (Å²) in [5.74, 6) is 0.877. The van der Waals surface area contributed by atoms with Crippen molar-refractivity contribution in [2.75, 3.05) is 7.05 Å². The molecular formula is C15H24N2O. The minimum absolute atomic E-state index is 0.441. The highest BCUT2D eigenvalue weighted by atomic mass is 16.5. The minimum Gasteiger partial charge on any atom is -0.372 e. The highest BCUT2D eigenvalue weighted by molar-refractivity contribution is 5.10. The van der Waals surface area contributed by atoms with Crippen LogP contribution < -0.4 is 5.32 Å². The van der Waals surface area contributed by atoms with Gasteiger partial charge in [0.1, 0.15) is 0 Å². The Morgan fingerprint density at radius 3 is 2.67 bits per heavy atom. The lowest BCUT2D eigenvalue weighted by Gasteiger charge is -2.26. The van der Waals surface area contributed by atoms with Crippen molar-refractivity contribution in [2.45, 2.75) is 51.9 Å². The molecule has 1 aromatic rings. The summed E-state index contributed by atoms with van der Waals surface area (Å²) in [5.41, 5.74) is 2.12. The Morgan fingerprint density at radius 1 is 1.22 bits per heavy atom. The monoisotopic (exact) mass is 248 g/mol. The Balaban J connectivity index is 1.80. The van der Waals surface area contributed by atoms with E-state index in [0.29, 0.717) is 12.7 Å². The zero-order chi connectivity index (χ0) is 12.8. The smallest absolute Gasteiger partial charge is 0.0891 e. The maximum atomic E-state index is 5.97. The molecule has 3 heteroatoms. The fourth-order valence-electron chi connectivity index (χ4n) is 2.49. The molecule has 1 fully saturated rings. The first-order valence-corrected chi connectivity index (χ1v) is 6.99. The van der Waals surface area contributed by atoms with Gasteiger partial charge >= 0.3 is 0 Å². The number of nitrogens with zero attached hydrogens (tertiary/aromatic N) is 1. The third-order valence-electron chi connectivity index (χ3n) is 3.65. The van der Waals surface area contributed by atoms with E-state index in [9.17, 15) is 0 Å². The molecule has 2 rings (SSSR count). The van der Waals surface area contributed by atoms with Gasteiger partial charge in [-0.3, -0.25) is 4.98 Å². The molecule has 0 spiro atoms. The van der Waals surface area contributed by atoms with Crippen LogP contribution in [-0.2, 0) is 17.9 Å². The lowest BCUT2D eigenvalue weighted by atomic mass is 9.89. The first-order chi connectivity index (χ1) is 8.78. The molecule has 3 nitrogen and oxygen atoms in total. The van der Waals surface area contributed by atoms with Crippen molar-refractivity contribution < 1.29 is 4.74 Å². The molecule has 0 amide bonds. The first-order valence-electron chi connectivity index (χ1n) is 6.99. The van der Waals surface area contributed by atoms with E-state index in [1.807, 2.05) is 19.2 Å². The van der Waals surface area contributed by atoms with Gasteiger partial charge in [-0.15, -0.1) is 0 Å². The molecule has 1 heterocycles. The maximum Gasteiger partial charge on any atom is 0.0891 e. The summed E-state index contributed by atoms with van der Waals surface area (Å²) in [4.78, 5) is 4.57. The fraction of sp³-hybridized carbons (Fsp3) is 0.667. The van der Waals surface area contributed by atoms with Gasteiger partial charge in [0.15, 0.2) is 0 Å². The highest BCUT2D eigenvalue weighted by Gasteiger charge is 2.18. The van der Waals surface area contributed by atoms with E-state index >= 15 is 0 Å². The van der Waals surface area contributed by atoms with Crippen LogP contribution in [0.15, 0.2) is 18.2 Å². The second kappa shape index (κ2) is 6.86. The maximum absolute atomic E-state index is 5.97. The molecule has 1 aromatic heterocycles. The fourth-order valence-corrected chi connectivity index (χ4v) is 2.49. The number of aromatic nitrogens is 1. The Kier molecular flexibility index (Phi) is 5.14. The summed E-state index contributed by atoms with van der Waals surface area (Å²) in [5, 5.41) is 3.12. The van der Waals surface area contributed by atoms with E-state index in [1.165, 1.54) is 25.7 Å². The second-order valence-electron chi connectivity index (χ2n) is 5.34. The van der Waals surface area contributed by atoms with Crippen LogP contribution >= 0.6 is 0 Å². The van der Waals surface area contributed by atoms with Gasteiger partial charge in [0, 0.05) is 6.54 Å². The lowest BCUT2D eigenvalue weighted by Crippen LogP contribution is -2.20. The van der Waals surface area contributed by atoms with Gasteiger partial charge in [0.2, 0.25) is 0 Å². The molecule has 100 valence electrons. The van der Waals surface area contributed by atoms with E-state index in [1.54, 1.807) is 0 Å². The molecule has 1 aliphatic rings. The molecule has 1 N–H and O–H groups in total. The van der Waals surface area contributed by atoms with Gasteiger partial charge in [-0.1, -0.05) is 13.0 Å². The van der Waals surface area contributed by atoms with Crippen molar-refractivity contribution in [1.29, 1.82) is 0 Å². The van der Waals surface area contributed by atoms with Crippen LogP contribution in [0.3, 0.4) is 0 Å². The van der Waals surface area contributed by atoms with Gasteiger partial charge in [0.05, 0.1) is 24.1 Å². The molecule has 0 radical (unpaired) electrons. The normalized spacial score (nSPS) is 24.1. The number of hydrogen-bond acceptors (Lipinski definition) is 3. The van der Waals surface area contributed by atoms with Crippen LogP contribution in [0.25, 0.3) is 0 Å². The summed E-state index contributed by atoms with van der Waals surface area (Å²) in [6, 6.07) is 6.15. The van der Waals surface area contributed by atoms with Crippen LogP contribution in [0.5, 0.6) is 0 Å². The van der Waals surface area contributed by atoms with Crippen molar-refractivity contribution in [3.05, 3.63) is 29.6 Å². The summed E-state index contributed by atoms with van der Waals surface area (Å²) in [6.45, 7) is 3.80. The van der Waals surface area contributed by atoms with Crippen LogP contribution in [0, 0.1) is 5.92 Å². The zero-order valence-electron chi connectivity index (χ0n) is 11.5. The number of nitrogens with one attached hydrogen (secondary N) is 1. The summed E-state index contributed by atoms with van der Waals surface area (Å²) in [6.07, 6.45) is 5.46. The van der Waals surface area contributed by atoms with E-state index in [0.717, 1.165) is 23.9 Å². The Morgan fingerprint density at radius 2 is 1.94 bits per heavy atom. The average molecular weight is 248 g/mol. The lowest BCUT2D eigenvalue weighted by molar-refractivity contribution is 0.00722. The van der Waals surface area contributed by atoms with Crippen molar-refractivity contribution in [2.24, 2.45) is 5.92 Å². The highest BCUT2D eigenvalue weighted by Crippen LogP contribution is 2.25. The SMILES string of the molecule is CNCc1cccc(COC2CCC(C)CC2)n1. The quantitative estimate of drug-likeness (QED) is 0.870. The van der Waals surface area contributed by atoms with Gasteiger partial charge in [-0.2, -0.15) is 0 Å². The molecule has 0 aliphatic heterocycles. The van der Waals surface area contributed by atoms with Gasteiger partial charge in [0.25, 0.3) is 0 Å². The van der Waals surface area contributed by atoms with Crippen LogP contribution in [0.2, 0.25) is 0 Å². The summed E-state index contributed by atoms with van der Waals surface area (Å²) < 4.78 is 5.97. The first kappa shape index (κ1) is 13.5. The predicted molar refractivity (Wildman–Crippen MR) is 73.2 cm³/mol. The standard InChI is InChI=1S/C15H24N2O/c1-12-6-8-15(9-7-12)18-11-14-5-3-4-13(17-14)10-16-2/h3-5,12,15-16H,6-11H2,1-2H3. The van der Waals surface area contributed by atoms with Crippen molar-refractivity contribution in [3.63, 3.8) is 0 Å². The minimum atomic E-state index is 0.441. The van der Waals surface area contributed by atoms with E-state index in [4.69, 9.17) is 4.74 Å². The topological polar surface area (TPSA) is 34.1 Å². The third kappa shape index (κ3) is 4.07. The van der Waals surface area contributed by atoms with Crippen LogP contribution in [0.1, 0.15) is 44.0 Å². The molecule has 0 saturated heterocycles. The van der Waals surface area contributed by atoms with E-state index in [2.05, 4.69) is 23.3 Å². The van der Waals surface area contributed by atoms with Gasteiger partial charge < -0.3 is 10.1 Å². The van der Waals surface area contributed by atoms with Gasteiger partial charge in [-0.25, -0.2) is 0 Å². The number of hydrogen-bond donors (Lipinski definition) is 1. The van der Waals surface area contributed by atoms with E-state index in [-0.39, 0.29) is 0 Å². The number of rotatable bonds is 5. The van der Waals surface area contributed by atoms with Crippen LogP contribution in [-0.4, -0.2) is 18.1 Å². The molecule has 1 aliphatic carbocycles. The summed E-state index contributed by atoms with van der Waals surface area (Å²) >= 11 is 0. The molecule has 0 aromatic carbocycles. The molecule has 0 unspecified atom stereocenters. The van der Waals surface area contributed by atoms with Crippen LogP contribution in [0.4, 0.5) is 0 Å². The number of ether oxygens (including phenoxy) is 1. The molecule has 0 bridgehead atoms. The van der Waals surface area contributed by atoms with Gasteiger partial charge in [-0.05, 0) is 50.8 Å².